The van der Waals surface area contributed by atoms with E-state index in [1.54, 1.807) is 0 Å². The van der Waals surface area contributed by atoms with Crippen LogP contribution in [0.5, 0.6) is 0 Å². The van der Waals surface area contributed by atoms with Gasteiger partial charge in [0, 0.05) is 18.2 Å². The second-order valence-electron chi connectivity index (χ2n) is 6.33. The van der Waals surface area contributed by atoms with Gasteiger partial charge >= 0.3 is 12.4 Å². The van der Waals surface area contributed by atoms with Crippen LogP contribution in [0.4, 0.5) is 32.0 Å². The quantitative estimate of drug-likeness (QED) is 0.768. The van der Waals surface area contributed by atoms with Crippen LogP contribution in [0.2, 0.25) is 0 Å². The topological polar surface area (TPSA) is 55.1 Å². The second-order valence-corrected chi connectivity index (χ2v) is 6.33. The van der Waals surface area contributed by atoms with E-state index in [0.717, 1.165) is 12.8 Å². The molecular weight excluding hydrogens is 350 g/mol. The lowest BCUT2D eigenvalue weighted by Gasteiger charge is -2.25. The highest BCUT2D eigenvalue weighted by molar-refractivity contribution is 5.91. The number of benzene rings is 1. The molecule has 1 fully saturated rings. The number of carbonyl (C=O) groups excluding carboxylic acids is 1. The second kappa shape index (κ2) is 7.23. The molecule has 1 aliphatic carbocycles. The number of amides is 1. The molecule has 0 bridgehead atoms. The van der Waals surface area contributed by atoms with E-state index >= 15 is 0 Å². The number of anilines is 1. The van der Waals surface area contributed by atoms with Gasteiger partial charge in [0.2, 0.25) is 5.91 Å². The summed E-state index contributed by atoms with van der Waals surface area (Å²) in [6, 6.07) is 1.11. The highest BCUT2D eigenvalue weighted by Gasteiger charge is 2.37. The fourth-order valence-corrected chi connectivity index (χ4v) is 2.89. The average molecular weight is 368 g/mol. The number of alkyl halides is 6. The zero-order valence-corrected chi connectivity index (χ0v) is 13.2. The van der Waals surface area contributed by atoms with E-state index in [1.807, 2.05) is 0 Å². The number of hydrogen-bond donors (Lipinski definition) is 2. The van der Waals surface area contributed by atoms with Crippen molar-refractivity contribution in [2.24, 2.45) is 11.7 Å². The first kappa shape index (κ1) is 19.6. The molecule has 0 atom stereocenters. The monoisotopic (exact) mass is 368 g/mol. The van der Waals surface area contributed by atoms with E-state index in [-0.39, 0.29) is 24.4 Å². The molecule has 1 amide bonds. The molecule has 0 spiro atoms. The molecule has 140 valence electrons. The maximum Gasteiger partial charge on any atom is 0.416 e. The summed E-state index contributed by atoms with van der Waals surface area (Å²) in [6.45, 7) is 0. The van der Waals surface area contributed by atoms with Crippen molar-refractivity contribution < 1.29 is 31.1 Å². The molecule has 0 radical (unpaired) electrons. The normalized spacial score (nSPS) is 21.9. The highest BCUT2D eigenvalue weighted by atomic mass is 19.4. The van der Waals surface area contributed by atoms with Gasteiger partial charge in [-0.25, -0.2) is 0 Å². The lowest BCUT2D eigenvalue weighted by molar-refractivity contribution is -0.143. The Labute approximate surface area is 140 Å². The first-order valence-electron chi connectivity index (χ1n) is 7.80. The molecule has 9 heteroatoms. The van der Waals surface area contributed by atoms with Crippen LogP contribution >= 0.6 is 0 Å². The Bertz CT molecular complexity index is 586. The summed E-state index contributed by atoms with van der Waals surface area (Å²) in [5.41, 5.74) is 2.32. The molecule has 1 aromatic carbocycles. The molecule has 1 aromatic rings. The SMILES string of the molecule is NC1CCC(CC(=O)Nc2cc(C(F)(F)F)cc(C(F)(F)F)c2)CC1. The number of halogens is 6. The Kier molecular flexibility index (Phi) is 5.65. The molecule has 3 N–H and O–H groups in total. The van der Waals surface area contributed by atoms with Gasteiger partial charge in [-0.3, -0.25) is 4.79 Å². The van der Waals surface area contributed by atoms with Gasteiger partial charge in [-0.2, -0.15) is 26.3 Å². The molecular formula is C16H18F6N2O. The minimum Gasteiger partial charge on any atom is -0.328 e. The van der Waals surface area contributed by atoms with Crippen LogP contribution < -0.4 is 11.1 Å². The van der Waals surface area contributed by atoms with Gasteiger partial charge in [-0.15, -0.1) is 0 Å². The summed E-state index contributed by atoms with van der Waals surface area (Å²) < 4.78 is 76.7. The summed E-state index contributed by atoms with van der Waals surface area (Å²) in [4.78, 5) is 12.0. The summed E-state index contributed by atoms with van der Waals surface area (Å²) in [5, 5.41) is 2.16. The molecule has 0 heterocycles. The number of nitrogens with two attached hydrogens (primary N) is 1. The standard InChI is InChI=1S/C16H18F6N2O/c17-15(18,19)10-6-11(16(20,21)22)8-13(7-10)24-14(25)5-9-1-3-12(23)4-2-9/h6-9,12H,1-5,23H2,(H,24,25). The molecule has 25 heavy (non-hydrogen) atoms. The van der Waals surface area contributed by atoms with Crippen LogP contribution in [0, 0.1) is 5.92 Å². The third-order valence-electron chi connectivity index (χ3n) is 4.24. The van der Waals surface area contributed by atoms with Crippen molar-refractivity contribution in [1.82, 2.24) is 0 Å². The lowest BCUT2D eigenvalue weighted by Crippen LogP contribution is -2.28. The maximum absolute atomic E-state index is 12.8. The minimum atomic E-state index is -4.94. The van der Waals surface area contributed by atoms with Gasteiger partial charge in [-0.1, -0.05) is 0 Å². The zero-order valence-electron chi connectivity index (χ0n) is 13.2. The average Bonchev–Trinajstić information content (AvgIpc) is 2.47. The fraction of sp³-hybridized carbons (Fsp3) is 0.562. The molecule has 0 unspecified atom stereocenters. The van der Waals surface area contributed by atoms with E-state index in [4.69, 9.17) is 5.73 Å². The van der Waals surface area contributed by atoms with Gasteiger partial charge in [0.1, 0.15) is 0 Å². The summed E-state index contributed by atoms with van der Waals surface area (Å²) >= 11 is 0. The van der Waals surface area contributed by atoms with E-state index in [2.05, 4.69) is 5.32 Å². The Morgan fingerprint density at radius 1 is 0.960 bits per heavy atom. The maximum atomic E-state index is 12.8. The van der Waals surface area contributed by atoms with Crippen LogP contribution in [-0.4, -0.2) is 11.9 Å². The Morgan fingerprint density at radius 3 is 1.88 bits per heavy atom. The van der Waals surface area contributed by atoms with E-state index in [9.17, 15) is 31.1 Å². The van der Waals surface area contributed by atoms with Crippen molar-refractivity contribution in [2.75, 3.05) is 5.32 Å². The van der Waals surface area contributed by atoms with Crippen molar-refractivity contribution in [3.8, 4) is 0 Å². The van der Waals surface area contributed by atoms with E-state index < -0.39 is 35.1 Å². The molecule has 1 aliphatic rings. The van der Waals surface area contributed by atoms with Gasteiger partial charge in [-0.05, 0) is 49.8 Å². The number of carbonyl (C=O) groups is 1. The summed E-state index contributed by atoms with van der Waals surface area (Å²) in [7, 11) is 0. The summed E-state index contributed by atoms with van der Waals surface area (Å²) in [6.07, 6.45) is -6.92. The van der Waals surface area contributed by atoms with E-state index in [1.165, 1.54) is 0 Å². The summed E-state index contributed by atoms with van der Waals surface area (Å²) in [5.74, 6) is -0.569. The van der Waals surface area contributed by atoms with Gasteiger partial charge < -0.3 is 11.1 Å². The first-order chi connectivity index (χ1) is 11.4. The molecule has 3 nitrogen and oxygen atoms in total. The van der Waals surface area contributed by atoms with Gasteiger partial charge in [0.05, 0.1) is 11.1 Å². The van der Waals surface area contributed by atoms with Gasteiger partial charge in [0.15, 0.2) is 0 Å². The third kappa shape index (κ3) is 5.62. The number of hydrogen-bond acceptors (Lipinski definition) is 2. The van der Waals surface area contributed by atoms with Crippen molar-refractivity contribution in [3.63, 3.8) is 0 Å². The Balaban J connectivity index is 2.13. The van der Waals surface area contributed by atoms with Crippen LogP contribution in [0.3, 0.4) is 0 Å². The number of nitrogens with one attached hydrogen (secondary N) is 1. The van der Waals surface area contributed by atoms with Crippen LogP contribution in [0.1, 0.15) is 43.2 Å². The van der Waals surface area contributed by atoms with Crippen molar-refractivity contribution in [2.45, 2.75) is 50.5 Å². The Morgan fingerprint density at radius 2 is 1.44 bits per heavy atom. The lowest BCUT2D eigenvalue weighted by atomic mass is 9.84. The molecule has 0 aliphatic heterocycles. The molecule has 1 saturated carbocycles. The number of rotatable bonds is 3. The highest BCUT2D eigenvalue weighted by Crippen LogP contribution is 2.37. The zero-order chi connectivity index (χ0) is 18.8. The first-order valence-corrected chi connectivity index (χ1v) is 7.80. The Hall–Kier alpha value is -1.77. The largest absolute Gasteiger partial charge is 0.416 e. The van der Waals surface area contributed by atoms with Crippen molar-refractivity contribution in [3.05, 3.63) is 29.3 Å². The van der Waals surface area contributed by atoms with Crippen LogP contribution in [0.25, 0.3) is 0 Å². The minimum absolute atomic E-state index is 0.0260. The molecule has 2 rings (SSSR count). The van der Waals surface area contributed by atoms with Crippen molar-refractivity contribution in [1.29, 1.82) is 0 Å². The van der Waals surface area contributed by atoms with Gasteiger partial charge in [0.25, 0.3) is 0 Å². The van der Waals surface area contributed by atoms with E-state index in [0.29, 0.717) is 25.0 Å². The third-order valence-corrected chi connectivity index (χ3v) is 4.24. The smallest absolute Gasteiger partial charge is 0.328 e. The molecule has 0 aromatic heterocycles. The predicted molar refractivity (Wildman–Crippen MR) is 79.6 cm³/mol. The van der Waals surface area contributed by atoms with Crippen molar-refractivity contribution >= 4 is 11.6 Å². The molecule has 0 saturated heterocycles. The van der Waals surface area contributed by atoms with Crippen LogP contribution in [0.15, 0.2) is 18.2 Å². The van der Waals surface area contributed by atoms with Crippen LogP contribution in [-0.2, 0) is 17.1 Å². The predicted octanol–water partition coefficient (Wildman–Crippen LogP) is 4.57. The fourth-order valence-electron chi connectivity index (χ4n) is 2.89.